The van der Waals surface area contributed by atoms with Gasteiger partial charge in [0.15, 0.2) is 0 Å². The molecule has 0 spiro atoms. The first-order chi connectivity index (χ1) is 11.9. The zero-order chi connectivity index (χ0) is 19.7. The summed E-state index contributed by atoms with van der Waals surface area (Å²) in [4.78, 5) is 4.37. The van der Waals surface area contributed by atoms with Crippen molar-refractivity contribution in [3.63, 3.8) is 0 Å². The van der Waals surface area contributed by atoms with Crippen molar-refractivity contribution in [3.05, 3.63) is 52.9 Å². The van der Waals surface area contributed by atoms with Gasteiger partial charge in [0, 0.05) is 17.0 Å². The molecule has 3 nitrogen and oxygen atoms in total. The maximum absolute atomic E-state index is 13.2. The van der Waals surface area contributed by atoms with Crippen LogP contribution >= 0.6 is 11.6 Å². The minimum absolute atomic E-state index is 0.0675. The standard InChI is InChI=1S/C20H26ClFN2OS/c1-13(24-26(25)19(2,3)4)20(5,6)15-11-17(23-18(21)12-15)14-7-9-16(22)10-8-14/h7-13,24H,1-6H3. The minimum Gasteiger partial charge on any atom is -0.242 e. The summed E-state index contributed by atoms with van der Waals surface area (Å²) in [7, 11) is -1.18. The summed E-state index contributed by atoms with van der Waals surface area (Å²) in [6.07, 6.45) is 0. The van der Waals surface area contributed by atoms with Gasteiger partial charge in [0.2, 0.25) is 0 Å². The number of hydrogen-bond donors (Lipinski definition) is 1. The number of nitrogens with zero attached hydrogens (tertiary/aromatic N) is 1. The monoisotopic (exact) mass is 396 g/mol. The zero-order valence-electron chi connectivity index (χ0n) is 16.1. The Kier molecular flexibility index (Phi) is 6.26. The first-order valence-electron chi connectivity index (χ1n) is 8.53. The molecule has 1 aromatic carbocycles. The maximum Gasteiger partial charge on any atom is 0.130 e. The molecule has 2 rings (SSSR count). The van der Waals surface area contributed by atoms with Crippen molar-refractivity contribution in [1.29, 1.82) is 0 Å². The molecule has 0 fully saturated rings. The van der Waals surface area contributed by atoms with Crippen molar-refractivity contribution >= 4 is 22.6 Å². The highest BCUT2D eigenvalue weighted by atomic mass is 35.5. The van der Waals surface area contributed by atoms with E-state index in [4.69, 9.17) is 11.6 Å². The van der Waals surface area contributed by atoms with Crippen molar-refractivity contribution in [2.45, 2.75) is 57.7 Å². The van der Waals surface area contributed by atoms with Crippen LogP contribution in [0.3, 0.4) is 0 Å². The number of pyridine rings is 1. The van der Waals surface area contributed by atoms with Crippen LogP contribution in [0.25, 0.3) is 11.3 Å². The average Bonchev–Trinajstić information content (AvgIpc) is 2.53. The summed E-state index contributed by atoms with van der Waals surface area (Å²) in [5.41, 5.74) is 2.11. The second kappa shape index (κ2) is 7.75. The molecule has 0 aliphatic carbocycles. The van der Waals surface area contributed by atoms with Crippen molar-refractivity contribution in [3.8, 4) is 11.3 Å². The van der Waals surface area contributed by atoms with Gasteiger partial charge >= 0.3 is 0 Å². The summed E-state index contributed by atoms with van der Waals surface area (Å²) >= 11 is 6.25. The number of nitrogens with one attached hydrogen (secondary N) is 1. The van der Waals surface area contributed by atoms with E-state index >= 15 is 0 Å². The molecule has 0 saturated carbocycles. The summed E-state index contributed by atoms with van der Waals surface area (Å²) in [5, 5.41) is 0.374. The normalized spacial score (nSPS) is 14.9. The molecule has 2 unspecified atom stereocenters. The molecule has 0 amide bonds. The predicted molar refractivity (Wildman–Crippen MR) is 108 cm³/mol. The van der Waals surface area contributed by atoms with Gasteiger partial charge in [-0.25, -0.2) is 18.3 Å². The van der Waals surface area contributed by atoms with E-state index in [0.717, 1.165) is 11.1 Å². The minimum atomic E-state index is -1.18. The van der Waals surface area contributed by atoms with Crippen LogP contribution in [0, 0.1) is 5.82 Å². The van der Waals surface area contributed by atoms with Crippen LogP contribution in [0.4, 0.5) is 4.39 Å². The molecule has 0 aliphatic heterocycles. The predicted octanol–water partition coefficient (Wildman–Crippen LogP) is 5.26. The van der Waals surface area contributed by atoms with E-state index in [0.29, 0.717) is 10.8 Å². The molecule has 1 heterocycles. The highest BCUT2D eigenvalue weighted by Gasteiger charge is 2.32. The summed E-state index contributed by atoms with van der Waals surface area (Å²) in [6, 6.07) is 9.88. The number of halogens is 2. The third-order valence-electron chi connectivity index (χ3n) is 4.60. The fourth-order valence-electron chi connectivity index (χ4n) is 2.37. The van der Waals surface area contributed by atoms with Crippen LogP contribution in [0.1, 0.15) is 47.1 Å². The first kappa shape index (κ1) is 21.0. The lowest BCUT2D eigenvalue weighted by Gasteiger charge is -2.34. The van der Waals surface area contributed by atoms with Gasteiger partial charge in [-0.1, -0.05) is 25.4 Å². The van der Waals surface area contributed by atoms with Crippen LogP contribution in [-0.4, -0.2) is 20.0 Å². The lowest BCUT2D eigenvalue weighted by atomic mass is 9.79. The van der Waals surface area contributed by atoms with Crippen molar-refractivity contribution in [2.75, 3.05) is 0 Å². The molecule has 6 heteroatoms. The van der Waals surface area contributed by atoms with Gasteiger partial charge in [0.05, 0.1) is 21.4 Å². The van der Waals surface area contributed by atoms with Crippen LogP contribution in [0.5, 0.6) is 0 Å². The van der Waals surface area contributed by atoms with E-state index < -0.39 is 11.0 Å². The second-order valence-corrected chi connectivity index (χ2v) is 10.4. The largest absolute Gasteiger partial charge is 0.242 e. The molecule has 0 radical (unpaired) electrons. The number of benzene rings is 1. The van der Waals surface area contributed by atoms with Gasteiger partial charge in [0.25, 0.3) is 0 Å². The molecular weight excluding hydrogens is 371 g/mol. The van der Waals surface area contributed by atoms with Crippen molar-refractivity contribution in [1.82, 2.24) is 9.71 Å². The lowest BCUT2D eigenvalue weighted by Crippen LogP contribution is -2.47. The SMILES string of the molecule is CC(NS(=O)C(C)(C)C)C(C)(C)c1cc(Cl)nc(-c2ccc(F)cc2)c1. The number of hydrogen-bond acceptors (Lipinski definition) is 2. The quantitative estimate of drug-likeness (QED) is 0.700. The van der Waals surface area contributed by atoms with Gasteiger partial charge < -0.3 is 0 Å². The number of aromatic nitrogens is 1. The molecule has 0 bridgehead atoms. The highest BCUT2D eigenvalue weighted by molar-refractivity contribution is 7.84. The molecule has 2 aromatic rings. The molecule has 0 saturated heterocycles. The molecule has 26 heavy (non-hydrogen) atoms. The maximum atomic E-state index is 13.2. The zero-order valence-corrected chi connectivity index (χ0v) is 17.6. The van der Waals surface area contributed by atoms with Crippen LogP contribution in [0.2, 0.25) is 5.15 Å². The van der Waals surface area contributed by atoms with Gasteiger partial charge in [-0.2, -0.15) is 0 Å². The fourth-order valence-corrected chi connectivity index (χ4v) is 3.55. The Morgan fingerprint density at radius 3 is 2.23 bits per heavy atom. The Hall–Kier alpha value is -1.30. The fraction of sp³-hybridized carbons (Fsp3) is 0.450. The lowest BCUT2D eigenvalue weighted by molar-refractivity contribution is 0.407. The Bertz CT molecular complexity index is 800. The molecular formula is C20H26ClFN2OS. The number of rotatable bonds is 5. The molecule has 0 aliphatic rings. The van der Waals surface area contributed by atoms with Gasteiger partial charge in [-0.05, 0) is 69.7 Å². The summed E-state index contributed by atoms with van der Waals surface area (Å²) in [6.45, 7) is 12.0. The van der Waals surface area contributed by atoms with E-state index in [1.807, 2.05) is 39.8 Å². The summed E-state index contributed by atoms with van der Waals surface area (Å²) < 4.78 is 28.5. The highest BCUT2D eigenvalue weighted by Crippen LogP contribution is 2.32. The Morgan fingerprint density at radius 2 is 1.69 bits per heavy atom. The third kappa shape index (κ3) is 4.90. The second-order valence-electron chi connectivity index (χ2n) is 8.01. The van der Waals surface area contributed by atoms with Crippen LogP contribution in [0.15, 0.2) is 36.4 Å². The average molecular weight is 397 g/mol. The summed E-state index contributed by atoms with van der Waals surface area (Å²) in [5.74, 6) is -0.293. The van der Waals surface area contributed by atoms with Crippen LogP contribution < -0.4 is 4.72 Å². The third-order valence-corrected chi connectivity index (χ3v) is 6.47. The van der Waals surface area contributed by atoms with Crippen LogP contribution in [-0.2, 0) is 16.4 Å². The Labute approximate surface area is 163 Å². The van der Waals surface area contributed by atoms with E-state index in [9.17, 15) is 8.60 Å². The van der Waals surface area contributed by atoms with Gasteiger partial charge in [0.1, 0.15) is 11.0 Å². The van der Waals surface area contributed by atoms with Gasteiger partial charge in [-0.15, -0.1) is 0 Å². The molecule has 1 aromatic heterocycles. The Morgan fingerprint density at radius 1 is 1.12 bits per heavy atom. The van der Waals surface area contributed by atoms with Crippen molar-refractivity contribution < 1.29 is 8.60 Å². The molecule has 2 atom stereocenters. The molecule has 142 valence electrons. The van der Waals surface area contributed by atoms with Gasteiger partial charge in [-0.3, -0.25) is 0 Å². The molecule has 1 N–H and O–H groups in total. The van der Waals surface area contributed by atoms with E-state index in [1.54, 1.807) is 12.1 Å². The van der Waals surface area contributed by atoms with E-state index in [2.05, 4.69) is 23.6 Å². The van der Waals surface area contributed by atoms with E-state index in [1.165, 1.54) is 12.1 Å². The smallest absolute Gasteiger partial charge is 0.130 e. The van der Waals surface area contributed by atoms with Crippen molar-refractivity contribution in [2.24, 2.45) is 0 Å². The first-order valence-corrected chi connectivity index (χ1v) is 10.1. The Balaban J connectivity index is 2.37. The topological polar surface area (TPSA) is 42.0 Å². The van der Waals surface area contributed by atoms with E-state index in [-0.39, 0.29) is 22.0 Å².